The molecule has 82 valence electrons. The SMILES string of the molecule is CNCCNc1ccnc(N)n1.Cl.Cl. The number of rotatable bonds is 4. The Balaban J connectivity index is 0. The molecule has 0 aliphatic rings. The maximum absolute atomic E-state index is 5.38. The maximum Gasteiger partial charge on any atom is 0.221 e. The summed E-state index contributed by atoms with van der Waals surface area (Å²) in [6, 6.07) is 1.78. The van der Waals surface area contributed by atoms with Crippen molar-refractivity contribution in [3.63, 3.8) is 0 Å². The van der Waals surface area contributed by atoms with Crippen LogP contribution in [0, 0.1) is 0 Å². The second-order valence-electron chi connectivity index (χ2n) is 2.33. The van der Waals surface area contributed by atoms with Crippen LogP contribution in [0.5, 0.6) is 0 Å². The highest BCUT2D eigenvalue weighted by atomic mass is 35.5. The molecule has 1 heterocycles. The smallest absolute Gasteiger partial charge is 0.221 e. The highest BCUT2D eigenvalue weighted by Crippen LogP contribution is 2.00. The van der Waals surface area contributed by atoms with E-state index in [1.807, 2.05) is 7.05 Å². The molecule has 0 atom stereocenters. The third-order valence-electron chi connectivity index (χ3n) is 1.36. The number of anilines is 2. The molecule has 0 aliphatic carbocycles. The molecule has 0 saturated heterocycles. The number of hydrogen-bond donors (Lipinski definition) is 3. The third kappa shape index (κ3) is 5.80. The van der Waals surface area contributed by atoms with Crippen molar-refractivity contribution in [2.75, 3.05) is 31.2 Å². The predicted molar refractivity (Wildman–Crippen MR) is 63.4 cm³/mol. The van der Waals surface area contributed by atoms with Gasteiger partial charge in [0.25, 0.3) is 0 Å². The standard InChI is InChI=1S/C7H13N5.2ClH/c1-9-4-5-10-6-2-3-11-7(8)12-6;;/h2-3,9H,4-5H2,1H3,(H3,8,10,11,12);2*1H. The van der Waals surface area contributed by atoms with Gasteiger partial charge in [-0.25, -0.2) is 4.98 Å². The van der Waals surface area contributed by atoms with Crippen LogP contribution in [0.2, 0.25) is 0 Å². The van der Waals surface area contributed by atoms with Crippen molar-refractivity contribution < 1.29 is 0 Å². The molecule has 0 aromatic carbocycles. The minimum Gasteiger partial charge on any atom is -0.369 e. The molecule has 14 heavy (non-hydrogen) atoms. The summed E-state index contributed by atoms with van der Waals surface area (Å²) in [5.74, 6) is 1.06. The quantitative estimate of drug-likeness (QED) is 0.669. The van der Waals surface area contributed by atoms with Crippen LogP contribution in [0.25, 0.3) is 0 Å². The number of likely N-dealkylation sites (N-methyl/N-ethyl adjacent to an activating group) is 1. The highest BCUT2D eigenvalue weighted by Gasteiger charge is 1.92. The summed E-state index contributed by atoms with van der Waals surface area (Å²) in [5, 5.41) is 6.11. The van der Waals surface area contributed by atoms with Crippen LogP contribution in [0.15, 0.2) is 12.3 Å². The van der Waals surface area contributed by atoms with E-state index in [4.69, 9.17) is 5.73 Å². The highest BCUT2D eigenvalue weighted by molar-refractivity contribution is 5.85. The summed E-state index contributed by atoms with van der Waals surface area (Å²) >= 11 is 0. The topological polar surface area (TPSA) is 75.9 Å². The molecule has 0 spiro atoms. The van der Waals surface area contributed by atoms with E-state index in [1.54, 1.807) is 12.3 Å². The number of nitrogens with zero attached hydrogens (tertiary/aromatic N) is 2. The average molecular weight is 240 g/mol. The molecule has 7 heteroatoms. The molecule has 0 fully saturated rings. The van der Waals surface area contributed by atoms with Crippen LogP contribution in [0.3, 0.4) is 0 Å². The molecule has 1 aromatic heterocycles. The molecule has 5 nitrogen and oxygen atoms in total. The fourth-order valence-electron chi connectivity index (χ4n) is 0.788. The van der Waals surface area contributed by atoms with Gasteiger partial charge in [-0.05, 0) is 13.1 Å². The molecule has 0 radical (unpaired) electrons. The Morgan fingerprint density at radius 3 is 2.64 bits per heavy atom. The zero-order valence-electron chi connectivity index (χ0n) is 7.86. The van der Waals surface area contributed by atoms with Crippen molar-refractivity contribution in [3.8, 4) is 0 Å². The number of aromatic nitrogens is 2. The van der Waals surface area contributed by atoms with E-state index < -0.39 is 0 Å². The Bertz CT molecular complexity index is 245. The fourth-order valence-corrected chi connectivity index (χ4v) is 0.788. The number of hydrogen-bond acceptors (Lipinski definition) is 5. The number of halogens is 2. The monoisotopic (exact) mass is 239 g/mol. The first-order valence-corrected chi connectivity index (χ1v) is 3.80. The van der Waals surface area contributed by atoms with Crippen LogP contribution >= 0.6 is 24.8 Å². The molecule has 0 bridgehead atoms. The van der Waals surface area contributed by atoms with E-state index in [2.05, 4.69) is 20.6 Å². The van der Waals surface area contributed by atoms with Gasteiger partial charge in [0.2, 0.25) is 5.95 Å². The Morgan fingerprint density at radius 1 is 1.36 bits per heavy atom. The molecule has 0 unspecified atom stereocenters. The molecule has 1 aromatic rings. The van der Waals surface area contributed by atoms with Crippen LogP contribution in [-0.2, 0) is 0 Å². The molecule has 1 rings (SSSR count). The lowest BCUT2D eigenvalue weighted by molar-refractivity contribution is 0.821. The predicted octanol–water partition coefficient (Wildman–Crippen LogP) is 0.534. The lowest BCUT2D eigenvalue weighted by Crippen LogP contribution is -2.18. The molecule has 4 N–H and O–H groups in total. The minimum absolute atomic E-state index is 0. The normalized spacial score (nSPS) is 8.36. The molecular formula is C7H15Cl2N5. The summed E-state index contributed by atoms with van der Waals surface area (Å²) in [7, 11) is 1.90. The minimum atomic E-state index is 0. The molecule has 0 aliphatic heterocycles. The van der Waals surface area contributed by atoms with Gasteiger partial charge in [-0.1, -0.05) is 0 Å². The lowest BCUT2D eigenvalue weighted by Gasteiger charge is -2.03. The van der Waals surface area contributed by atoms with Gasteiger partial charge in [0.15, 0.2) is 0 Å². The summed E-state index contributed by atoms with van der Waals surface area (Å²) < 4.78 is 0. The van der Waals surface area contributed by atoms with E-state index in [9.17, 15) is 0 Å². The van der Waals surface area contributed by atoms with Gasteiger partial charge in [0, 0.05) is 19.3 Å². The van der Waals surface area contributed by atoms with Crippen molar-refractivity contribution in [2.45, 2.75) is 0 Å². The fraction of sp³-hybridized carbons (Fsp3) is 0.429. The first-order chi connectivity index (χ1) is 5.83. The zero-order chi connectivity index (χ0) is 8.81. The van der Waals surface area contributed by atoms with Gasteiger partial charge in [0.1, 0.15) is 5.82 Å². The van der Waals surface area contributed by atoms with Crippen LogP contribution in [0.1, 0.15) is 0 Å². The van der Waals surface area contributed by atoms with Crippen molar-refractivity contribution in [3.05, 3.63) is 12.3 Å². The molecular weight excluding hydrogens is 225 g/mol. The number of nitrogen functional groups attached to an aromatic ring is 1. The molecule has 0 amide bonds. The van der Waals surface area contributed by atoms with E-state index in [0.717, 1.165) is 18.9 Å². The second-order valence-corrected chi connectivity index (χ2v) is 2.33. The first-order valence-electron chi connectivity index (χ1n) is 3.80. The molecule has 0 saturated carbocycles. The van der Waals surface area contributed by atoms with Crippen molar-refractivity contribution >= 4 is 36.6 Å². The average Bonchev–Trinajstić information content (AvgIpc) is 2.05. The maximum atomic E-state index is 5.38. The van der Waals surface area contributed by atoms with E-state index in [-0.39, 0.29) is 24.8 Å². The van der Waals surface area contributed by atoms with Gasteiger partial charge < -0.3 is 16.4 Å². The summed E-state index contributed by atoms with van der Waals surface area (Å²) in [6.45, 7) is 1.72. The largest absolute Gasteiger partial charge is 0.369 e. The van der Waals surface area contributed by atoms with E-state index in [1.165, 1.54) is 0 Å². The second kappa shape index (κ2) is 8.80. The van der Waals surface area contributed by atoms with Crippen LogP contribution < -0.4 is 16.4 Å². The Labute approximate surface area is 95.7 Å². The Hall–Kier alpha value is -0.780. The van der Waals surface area contributed by atoms with E-state index in [0.29, 0.717) is 5.95 Å². The summed E-state index contributed by atoms with van der Waals surface area (Å²) in [4.78, 5) is 7.75. The number of nitrogens with two attached hydrogens (primary N) is 1. The van der Waals surface area contributed by atoms with Crippen molar-refractivity contribution in [1.29, 1.82) is 0 Å². The summed E-state index contributed by atoms with van der Waals surface area (Å²) in [5.41, 5.74) is 5.38. The number of nitrogens with one attached hydrogen (secondary N) is 2. The van der Waals surface area contributed by atoms with Gasteiger partial charge in [-0.2, -0.15) is 4.98 Å². The summed E-state index contributed by atoms with van der Waals surface area (Å²) in [6.07, 6.45) is 1.63. The first kappa shape index (κ1) is 15.7. The Kier molecular flexibility index (Phi) is 9.86. The van der Waals surface area contributed by atoms with Gasteiger partial charge in [0.05, 0.1) is 0 Å². The zero-order valence-corrected chi connectivity index (χ0v) is 9.49. The van der Waals surface area contributed by atoms with Gasteiger partial charge in [-0.15, -0.1) is 24.8 Å². The van der Waals surface area contributed by atoms with Gasteiger partial charge >= 0.3 is 0 Å². The Morgan fingerprint density at radius 2 is 2.07 bits per heavy atom. The van der Waals surface area contributed by atoms with Crippen molar-refractivity contribution in [2.24, 2.45) is 0 Å². The van der Waals surface area contributed by atoms with Gasteiger partial charge in [-0.3, -0.25) is 0 Å². The van der Waals surface area contributed by atoms with Crippen LogP contribution in [-0.4, -0.2) is 30.1 Å². The lowest BCUT2D eigenvalue weighted by atomic mass is 10.5. The van der Waals surface area contributed by atoms with Crippen molar-refractivity contribution in [1.82, 2.24) is 15.3 Å². The van der Waals surface area contributed by atoms with E-state index >= 15 is 0 Å². The van der Waals surface area contributed by atoms with Crippen LogP contribution in [0.4, 0.5) is 11.8 Å². The third-order valence-corrected chi connectivity index (χ3v) is 1.36.